The van der Waals surface area contributed by atoms with E-state index in [2.05, 4.69) is 0 Å². The minimum atomic E-state index is -2.14. The minimum absolute atomic E-state index is 0.0829. The molecule has 0 aliphatic heterocycles. The van der Waals surface area contributed by atoms with Crippen LogP contribution < -0.4 is 0 Å². The van der Waals surface area contributed by atoms with Gasteiger partial charge in [-0.2, -0.15) is 0 Å². The Morgan fingerprint density at radius 3 is 2.29 bits per heavy atom. The fourth-order valence-electron chi connectivity index (χ4n) is 2.43. The highest BCUT2D eigenvalue weighted by Crippen LogP contribution is 2.22. The molecule has 2 aromatic carbocycles. The van der Waals surface area contributed by atoms with Crippen LogP contribution in [0, 0.1) is 23.3 Å². The number of halogens is 4. The number of hydrogen-bond acceptors (Lipinski definition) is 4. The number of carbonyl (C=O) groups excluding carboxylic acids is 2. The van der Waals surface area contributed by atoms with Gasteiger partial charge in [0.2, 0.25) is 5.78 Å². The van der Waals surface area contributed by atoms with E-state index in [9.17, 15) is 27.2 Å². The van der Waals surface area contributed by atoms with Gasteiger partial charge in [0.05, 0.1) is 12.2 Å². The molecule has 4 nitrogen and oxygen atoms in total. The van der Waals surface area contributed by atoms with Crippen molar-refractivity contribution < 1.29 is 31.9 Å². The second-order valence-electron chi connectivity index (χ2n) is 5.84. The fourth-order valence-corrected chi connectivity index (χ4v) is 2.43. The zero-order valence-corrected chi connectivity index (χ0v) is 15.1. The van der Waals surface area contributed by atoms with Crippen molar-refractivity contribution in [3.8, 4) is 0 Å². The largest absolute Gasteiger partial charge is 0.462 e. The third-order valence-electron chi connectivity index (χ3n) is 3.71. The molecule has 0 saturated carbocycles. The van der Waals surface area contributed by atoms with E-state index in [-0.39, 0.29) is 19.2 Å². The maximum absolute atomic E-state index is 14.0. The Labute approximate surface area is 159 Å². The zero-order chi connectivity index (χ0) is 20.8. The standard InChI is InChI=1S/C20H17F4NO3/c1-3-28-20(27)14(11-25(2)10-12-7-5-4-6-8-12)19(26)13-9-15(21)17(23)18(24)16(13)22/h4-9,11H,3,10H2,1-2H3. The van der Waals surface area contributed by atoms with Crippen LogP contribution in [0.5, 0.6) is 0 Å². The Kier molecular flexibility index (Phi) is 6.92. The maximum atomic E-state index is 14.0. The SMILES string of the molecule is CCOC(=O)C(=CN(C)Cc1ccccc1)C(=O)c1cc(F)c(F)c(F)c1F. The van der Waals surface area contributed by atoms with Crippen LogP contribution in [0.4, 0.5) is 17.6 Å². The van der Waals surface area contributed by atoms with Crippen LogP contribution in [-0.2, 0) is 16.1 Å². The van der Waals surface area contributed by atoms with E-state index >= 15 is 0 Å². The quantitative estimate of drug-likeness (QED) is 0.104. The molecule has 2 aromatic rings. The average molecular weight is 395 g/mol. The summed E-state index contributed by atoms with van der Waals surface area (Å²) < 4.78 is 58.9. The van der Waals surface area contributed by atoms with Crippen LogP contribution in [0.2, 0.25) is 0 Å². The molecule has 0 aliphatic carbocycles. The Balaban J connectivity index is 2.43. The summed E-state index contributed by atoms with van der Waals surface area (Å²) in [5.41, 5.74) is -0.907. The molecule has 0 radical (unpaired) electrons. The van der Waals surface area contributed by atoms with Gasteiger partial charge in [-0.15, -0.1) is 0 Å². The lowest BCUT2D eigenvalue weighted by molar-refractivity contribution is -0.138. The van der Waals surface area contributed by atoms with Crippen molar-refractivity contribution in [3.05, 3.63) is 82.6 Å². The first-order chi connectivity index (χ1) is 13.3. The predicted molar refractivity (Wildman–Crippen MR) is 93.2 cm³/mol. The molecule has 0 aliphatic rings. The normalized spacial score (nSPS) is 11.3. The average Bonchev–Trinajstić information content (AvgIpc) is 2.67. The topological polar surface area (TPSA) is 46.6 Å². The summed E-state index contributed by atoms with van der Waals surface area (Å²) in [6, 6.07) is 9.22. The van der Waals surface area contributed by atoms with Crippen molar-refractivity contribution in [1.29, 1.82) is 0 Å². The van der Waals surface area contributed by atoms with Gasteiger partial charge in [0, 0.05) is 19.8 Å². The number of nitrogens with zero attached hydrogens (tertiary/aromatic N) is 1. The van der Waals surface area contributed by atoms with Gasteiger partial charge in [0.15, 0.2) is 23.3 Å². The fraction of sp³-hybridized carbons (Fsp3) is 0.200. The molecule has 0 amide bonds. The van der Waals surface area contributed by atoms with Gasteiger partial charge >= 0.3 is 5.97 Å². The number of Topliss-reactive ketones (excluding diaryl/α,β-unsaturated/α-hetero) is 1. The van der Waals surface area contributed by atoms with Crippen LogP contribution >= 0.6 is 0 Å². The molecule has 2 rings (SSSR count). The van der Waals surface area contributed by atoms with Gasteiger partial charge in [0.1, 0.15) is 5.57 Å². The van der Waals surface area contributed by atoms with Crippen LogP contribution in [-0.4, -0.2) is 30.3 Å². The summed E-state index contributed by atoms with van der Waals surface area (Å²) >= 11 is 0. The van der Waals surface area contributed by atoms with Crippen molar-refractivity contribution in [1.82, 2.24) is 4.90 Å². The van der Waals surface area contributed by atoms with Gasteiger partial charge < -0.3 is 9.64 Å². The first-order valence-electron chi connectivity index (χ1n) is 8.27. The number of rotatable bonds is 7. The first-order valence-corrected chi connectivity index (χ1v) is 8.27. The van der Waals surface area contributed by atoms with Crippen molar-refractivity contribution in [3.63, 3.8) is 0 Å². The lowest BCUT2D eigenvalue weighted by atomic mass is 10.0. The molecule has 28 heavy (non-hydrogen) atoms. The van der Waals surface area contributed by atoms with Crippen molar-refractivity contribution >= 4 is 11.8 Å². The second kappa shape index (κ2) is 9.16. The minimum Gasteiger partial charge on any atom is -0.462 e. The second-order valence-corrected chi connectivity index (χ2v) is 5.84. The summed E-state index contributed by atoms with van der Waals surface area (Å²) in [5, 5.41) is 0. The Hall–Kier alpha value is -3.16. The molecular weight excluding hydrogens is 378 g/mol. The van der Waals surface area contributed by atoms with Crippen molar-refractivity contribution in [2.75, 3.05) is 13.7 Å². The van der Waals surface area contributed by atoms with E-state index in [4.69, 9.17) is 4.74 Å². The monoisotopic (exact) mass is 395 g/mol. The first kappa shape index (κ1) is 21.1. The molecule has 0 unspecified atom stereocenters. The third kappa shape index (κ3) is 4.76. The van der Waals surface area contributed by atoms with E-state index in [1.807, 2.05) is 6.07 Å². The summed E-state index contributed by atoms with van der Waals surface area (Å²) in [7, 11) is 1.54. The highest BCUT2D eigenvalue weighted by atomic mass is 19.2. The van der Waals surface area contributed by atoms with Crippen LogP contribution in [0.25, 0.3) is 0 Å². The Morgan fingerprint density at radius 1 is 1.04 bits per heavy atom. The smallest absolute Gasteiger partial charge is 0.343 e. The van der Waals surface area contributed by atoms with Gasteiger partial charge in [0.25, 0.3) is 0 Å². The molecule has 0 N–H and O–H groups in total. The molecule has 0 spiro atoms. The number of hydrogen-bond donors (Lipinski definition) is 0. The Bertz CT molecular complexity index is 913. The maximum Gasteiger partial charge on any atom is 0.343 e. The molecular formula is C20H17F4NO3. The van der Waals surface area contributed by atoms with Gasteiger partial charge in [-0.3, -0.25) is 4.79 Å². The third-order valence-corrected chi connectivity index (χ3v) is 3.71. The molecule has 0 atom stereocenters. The summed E-state index contributed by atoms with van der Waals surface area (Å²) in [6.45, 7) is 1.69. The molecule has 148 valence electrons. The van der Waals surface area contributed by atoms with E-state index in [0.29, 0.717) is 0 Å². The number of benzene rings is 2. The number of carbonyl (C=O) groups is 2. The lowest BCUT2D eigenvalue weighted by Gasteiger charge is -2.16. The van der Waals surface area contributed by atoms with Crippen LogP contribution in [0.1, 0.15) is 22.8 Å². The molecule has 8 heteroatoms. The molecule has 0 fully saturated rings. The van der Waals surface area contributed by atoms with E-state index in [1.54, 1.807) is 31.3 Å². The number of ether oxygens (including phenoxy) is 1. The van der Waals surface area contributed by atoms with Crippen LogP contribution in [0.3, 0.4) is 0 Å². The van der Waals surface area contributed by atoms with Crippen molar-refractivity contribution in [2.45, 2.75) is 13.5 Å². The summed E-state index contributed by atoms with van der Waals surface area (Å²) in [5.74, 6) is -10.2. The van der Waals surface area contributed by atoms with E-state index in [0.717, 1.165) is 11.8 Å². The lowest BCUT2D eigenvalue weighted by Crippen LogP contribution is -2.22. The highest BCUT2D eigenvalue weighted by molar-refractivity contribution is 6.24. The molecule has 0 heterocycles. The number of esters is 1. The van der Waals surface area contributed by atoms with E-state index < -0.39 is 46.2 Å². The molecule has 0 bridgehead atoms. The number of ketones is 1. The summed E-state index contributed by atoms with van der Waals surface area (Å²) in [4.78, 5) is 26.2. The van der Waals surface area contributed by atoms with E-state index in [1.165, 1.54) is 11.8 Å². The predicted octanol–water partition coefficient (Wildman–Crippen LogP) is 4.00. The van der Waals surface area contributed by atoms with Gasteiger partial charge in [-0.05, 0) is 18.6 Å². The summed E-state index contributed by atoms with van der Waals surface area (Å²) in [6.07, 6.45) is 1.09. The van der Waals surface area contributed by atoms with Gasteiger partial charge in [-0.25, -0.2) is 22.4 Å². The zero-order valence-electron chi connectivity index (χ0n) is 15.1. The van der Waals surface area contributed by atoms with Crippen molar-refractivity contribution in [2.24, 2.45) is 0 Å². The Morgan fingerprint density at radius 2 is 1.68 bits per heavy atom. The van der Waals surface area contributed by atoms with Gasteiger partial charge in [-0.1, -0.05) is 30.3 Å². The molecule has 0 aromatic heterocycles. The molecule has 0 saturated heterocycles. The highest BCUT2D eigenvalue weighted by Gasteiger charge is 2.29. The van der Waals surface area contributed by atoms with Crippen LogP contribution in [0.15, 0.2) is 48.2 Å².